The van der Waals surface area contributed by atoms with Crippen LogP contribution in [0.4, 0.5) is 13.2 Å². The molecule has 0 aromatic heterocycles. The van der Waals surface area contributed by atoms with Crippen LogP contribution >= 0.6 is 0 Å². The summed E-state index contributed by atoms with van der Waals surface area (Å²) in [7, 11) is 0. The van der Waals surface area contributed by atoms with Gasteiger partial charge in [0.15, 0.2) is 17.5 Å². The summed E-state index contributed by atoms with van der Waals surface area (Å²) in [5, 5.41) is 0. The molecule has 0 spiro atoms. The van der Waals surface area contributed by atoms with Gasteiger partial charge in [-0.05, 0) is 30.4 Å². The number of hydrogen-bond acceptors (Lipinski definition) is 0. The highest BCUT2D eigenvalue weighted by molar-refractivity contribution is 5.27. The van der Waals surface area contributed by atoms with Gasteiger partial charge in [-0.25, -0.2) is 13.2 Å². The molecule has 2 rings (SSSR count). The van der Waals surface area contributed by atoms with E-state index in [1.54, 1.807) is 0 Å². The Balaban J connectivity index is 2.49. The highest BCUT2D eigenvalue weighted by Gasteiger charge is 2.28. The first-order chi connectivity index (χ1) is 5.70. The fourth-order valence-corrected chi connectivity index (χ4v) is 1.25. The predicted octanol–water partition coefficient (Wildman–Crippen LogP) is 2.98. The normalized spacial score (nSPS) is 16.6. The molecule has 0 saturated heterocycles. The molecule has 0 aliphatic heterocycles. The molecule has 0 amide bonds. The minimum atomic E-state index is -1.35. The standard InChI is InChI=1S/C9H7F3/c10-7-4-3-6(5-1-2-5)8(11)9(7)12/h3-5H,1-2H2. The molecule has 1 aromatic carbocycles. The molecule has 1 aliphatic rings. The van der Waals surface area contributed by atoms with Gasteiger partial charge in [0, 0.05) is 0 Å². The van der Waals surface area contributed by atoms with Crippen LogP contribution in [0.3, 0.4) is 0 Å². The van der Waals surface area contributed by atoms with Crippen molar-refractivity contribution in [3.63, 3.8) is 0 Å². The molecular weight excluding hydrogens is 165 g/mol. The monoisotopic (exact) mass is 172 g/mol. The lowest BCUT2D eigenvalue weighted by atomic mass is 10.1. The van der Waals surface area contributed by atoms with Crippen molar-refractivity contribution in [2.24, 2.45) is 0 Å². The van der Waals surface area contributed by atoms with E-state index < -0.39 is 17.5 Å². The van der Waals surface area contributed by atoms with Crippen LogP contribution in [0.1, 0.15) is 24.3 Å². The van der Waals surface area contributed by atoms with Crippen LogP contribution in [-0.2, 0) is 0 Å². The van der Waals surface area contributed by atoms with Crippen molar-refractivity contribution in [1.82, 2.24) is 0 Å². The number of halogens is 3. The molecule has 0 unspecified atom stereocenters. The van der Waals surface area contributed by atoms with E-state index in [0.29, 0.717) is 5.56 Å². The lowest BCUT2D eigenvalue weighted by Crippen LogP contribution is -1.95. The molecule has 0 bridgehead atoms. The summed E-state index contributed by atoms with van der Waals surface area (Å²) in [6.45, 7) is 0. The molecule has 0 N–H and O–H groups in total. The molecule has 3 heteroatoms. The zero-order chi connectivity index (χ0) is 8.72. The van der Waals surface area contributed by atoms with Gasteiger partial charge in [-0.3, -0.25) is 0 Å². The predicted molar refractivity (Wildman–Crippen MR) is 38.3 cm³/mol. The first-order valence-corrected chi connectivity index (χ1v) is 3.83. The summed E-state index contributed by atoms with van der Waals surface area (Å²) >= 11 is 0. The second-order valence-corrected chi connectivity index (χ2v) is 3.04. The molecule has 1 aromatic rings. The van der Waals surface area contributed by atoms with Crippen molar-refractivity contribution in [3.8, 4) is 0 Å². The van der Waals surface area contributed by atoms with Crippen LogP contribution in [0.25, 0.3) is 0 Å². The Bertz CT molecular complexity index is 316. The average molecular weight is 172 g/mol. The molecule has 12 heavy (non-hydrogen) atoms. The van der Waals surface area contributed by atoms with Gasteiger partial charge in [0.2, 0.25) is 0 Å². The lowest BCUT2D eigenvalue weighted by molar-refractivity contribution is 0.441. The summed E-state index contributed by atoms with van der Waals surface area (Å²) in [5.74, 6) is -3.37. The van der Waals surface area contributed by atoms with E-state index in [0.717, 1.165) is 18.9 Å². The summed E-state index contributed by atoms with van der Waals surface area (Å²) in [4.78, 5) is 0. The van der Waals surface area contributed by atoms with Crippen molar-refractivity contribution in [2.75, 3.05) is 0 Å². The largest absolute Gasteiger partial charge is 0.204 e. The van der Waals surface area contributed by atoms with Gasteiger partial charge in [-0.1, -0.05) is 6.07 Å². The van der Waals surface area contributed by atoms with Gasteiger partial charge < -0.3 is 0 Å². The molecule has 0 heterocycles. The number of rotatable bonds is 1. The molecule has 1 fully saturated rings. The second kappa shape index (κ2) is 2.51. The van der Waals surface area contributed by atoms with Crippen LogP contribution in [0.2, 0.25) is 0 Å². The van der Waals surface area contributed by atoms with Crippen molar-refractivity contribution in [2.45, 2.75) is 18.8 Å². The van der Waals surface area contributed by atoms with E-state index in [4.69, 9.17) is 0 Å². The van der Waals surface area contributed by atoms with Gasteiger partial charge in [0.25, 0.3) is 0 Å². The second-order valence-electron chi connectivity index (χ2n) is 3.04. The molecule has 0 atom stereocenters. The first kappa shape index (κ1) is 7.65. The maximum Gasteiger partial charge on any atom is 0.194 e. The van der Waals surface area contributed by atoms with E-state index in [1.807, 2.05) is 0 Å². The Hall–Kier alpha value is -0.990. The first-order valence-electron chi connectivity index (χ1n) is 3.83. The van der Waals surface area contributed by atoms with Crippen LogP contribution in [-0.4, -0.2) is 0 Å². The molecule has 64 valence electrons. The van der Waals surface area contributed by atoms with Crippen LogP contribution < -0.4 is 0 Å². The van der Waals surface area contributed by atoms with E-state index in [-0.39, 0.29) is 5.92 Å². The highest BCUT2D eigenvalue weighted by atomic mass is 19.2. The van der Waals surface area contributed by atoms with E-state index in [1.165, 1.54) is 6.07 Å². The summed E-state index contributed by atoms with van der Waals surface area (Å²) < 4.78 is 38.0. The maximum absolute atomic E-state index is 12.9. The Kier molecular flexibility index (Phi) is 1.60. The molecule has 1 saturated carbocycles. The van der Waals surface area contributed by atoms with Crippen LogP contribution in [0.15, 0.2) is 12.1 Å². The van der Waals surface area contributed by atoms with Crippen molar-refractivity contribution < 1.29 is 13.2 Å². The highest BCUT2D eigenvalue weighted by Crippen LogP contribution is 2.41. The molecule has 0 radical (unpaired) electrons. The van der Waals surface area contributed by atoms with Gasteiger partial charge in [-0.15, -0.1) is 0 Å². The fourth-order valence-electron chi connectivity index (χ4n) is 1.25. The van der Waals surface area contributed by atoms with Gasteiger partial charge in [-0.2, -0.15) is 0 Å². The van der Waals surface area contributed by atoms with Crippen LogP contribution in [0.5, 0.6) is 0 Å². The SMILES string of the molecule is Fc1ccc(C2CC2)c(F)c1F. The Labute approximate surface area is 68.0 Å². The van der Waals surface area contributed by atoms with Gasteiger partial charge in [0.1, 0.15) is 0 Å². The maximum atomic E-state index is 12.9. The van der Waals surface area contributed by atoms with Crippen molar-refractivity contribution >= 4 is 0 Å². The molecular formula is C9H7F3. The lowest BCUT2D eigenvalue weighted by Gasteiger charge is -2.01. The van der Waals surface area contributed by atoms with Crippen molar-refractivity contribution in [3.05, 3.63) is 35.1 Å². The fraction of sp³-hybridized carbons (Fsp3) is 0.333. The third-order valence-corrected chi connectivity index (χ3v) is 2.08. The third-order valence-electron chi connectivity index (χ3n) is 2.08. The zero-order valence-electron chi connectivity index (χ0n) is 6.28. The Morgan fingerprint density at radius 1 is 1.00 bits per heavy atom. The minimum Gasteiger partial charge on any atom is -0.204 e. The van der Waals surface area contributed by atoms with Gasteiger partial charge >= 0.3 is 0 Å². The van der Waals surface area contributed by atoms with E-state index >= 15 is 0 Å². The van der Waals surface area contributed by atoms with E-state index in [9.17, 15) is 13.2 Å². The minimum absolute atomic E-state index is 0.111. The summed E-state index contributed by atoms with van der Waals surface area (Å²) in [6.07, 6.45) is 1.75. The number of benzene rings is 1. The van der Waals surface area contributed by atoms with Gasteiger partial charge in [0.05, 0.1) is 0 Å². The van der Waals surface area contributed by atoms with E-state index in [2.05, 4.69) is 0 Å². The molecule has 1 aliphatic carbocycles. The number of hydrogen-bond donors (Lipinski definition) is 0. The Morgan fingerprint density at radius 3 is 2.25 bits per heavy atom. The van der Waals surface area contributed by atoms with Crippen molar-refractivity contribution in [1.29, 1.82) is 0 Å². The van der Waals surface area contributed by atoms with Crippen LogP contribution in [0, 0.1) is 17.5 Å². The average Bonchev–Trinajstić information content (AvgIpc) is 2.84. The third kappa shape index (κ3) is 1.09. The zero-order valence-corrected chi connectivity index (χ0v) is 6.28. The molecule has 0 nitrogen and oxygen atoms in total. The summed E-state index contributed by atoms with van der Waals surface area (Å²) in [6, 6.07) is 2.30. The quantitative estimate of drug-likeness (QED) is 0.571. The Morgan fingerprint density at radius 2 is 1.67 bits per heavy atom. The smallest absolute Gasteiger partial charge is 0.194 e. The topological polar surface area (TPSA) is 0 Å². The summed E-state index contributed by atoms with van der Waals surface area (Å²) in [5.41, 5.74) is 0.314.